The second-order valence-corrected chi connectivity index (χ2v) is 7.25. The van der Waals surface area contributed by atoms with E-state index in [4.69, 9.17) is 5.11 Å². The highest BCUT2D eigenvalue weighted by atomic mass is 16.4. The molecule has 2 rings (SSSR count). The summed E-state index contributed by atoms with van der Waals surface area (Å²) in [6, 6.07) is -0.868. The van der Waals surface area contributed by atoms with Crippen LogP contribution in [0.2, 0.25) is 0 Å². The van der Waals surface area contributed by atoms with Crippen molar-refractivity contribution in [3.8, 4) is 0 Å². The van der Waals surface area contributed by atoms with Gasteiger partial charge >= 0.3 is 12.0 Å². The Hall–Kier alpha value is -1.63. The summed E-state index contributed by atoms with van der Waals surface area (Å²) in [7, 11) is 0. The van der Waals surface area contributed by atoms with Gasteiger partial charge in [-0.1, -0.05) is 32.1 Å². The van der Waals surface area contributed by atoms with Crippen LogP contribution in [0.1, 0.15) is 70.6 Å². The normalized spacial score (nSPS) is 22.9. The highest BCUT2D eigenvalue weighted by molar-refractivity contribution is 6.04. The number of rotatable bonds is 10. The van der Waals surface area contributed by atoms with Gasteiger partial charge in [0.2, 0.25) is 0 Å². The molecule has 2 aliphatic rings. The predicted octanol–water partition coefficient (Wildman–Crippen LogP) is 2.27. The number of urea groups is 1. The zero-order valence-electron chi connectivity index (χ0n) is 14.8. The van der Waals surface area contributed by atoms with Crippen molar-refractivity contribution in [1.82, 2.24) is 10.2 Å². The third-order valence-corrected chi connectivity index (χ3v) is 5.40. The van der Waals surface area contributed by atoms with Crippen molar-refractivity contribution in [2.75, 3.05) is 6.54 Å². The fourth-order valence-electron chi connectivity index (χ4n) is 3.90. The van der Waals surface area contributed by atoms with Crippen LogP contribution in [0.4, 0.5) is 4.79 Å². The molecule has 1 saturated carbocycles. The van der Waals surface area contributed by atoms with Gasteiger partial charge in [-0.3, -0.25) is 14.9 Å². The van der Waals surface area contributed by atoms with Crippen molar-refractivity contribution in [3.63, 3.8) is 0 Å². The minimum absolute atomic E-state index is 0.132. The molecule has 0 aromatic rings. The van der Waals surface area contributed by atoms with Gasteiger partial charge in [-0.25, -0.2) is 4.79 Å². The Balaban J connectivity index is 1.76. The predicted molar refractivity (Wildman–Crippen MR) is 92.0 cm³/mol. The van der Waals surface area contributed by atoms with Crippen LogP contribution in [0.25, 0.3) is 0 Å². The SMILES string of the molecule is O=C(O)CCCCCC1C(=O)NC(=O)N1CCC(O)C1CCCCC1. The average Bonchev–Trinajstić information content (AvgIpc) is 2.86. The first kappa shape index (κ1) is 19.7. The molecule has 3 amide bonds. The van der Waals surface area contributed by atoms with Gasteiger partial charge in [0.15, 0.2) is 0 Å². The molecule has 0 radical (unpaired) electrons. The Kier molecular flexibility index (Phi) is 7.68. The molecule has 0 bridgehead atoms. The molecule has 1 aliphatic carbocycles. The maximum absolute atomic E-state index is 12.0. The topological polar surface area (TPSA) is 107 Å². The van der Waals surface area contributed by atoms with E-state index in [-0.39, 0.29) is 18.4 Å². The fourth-order valence-corrected chi connectivity index (χ4v) is 3.90. The molecule has 142 valence electrons. The third kappa shape index (κ3) is 5.99. The van der Waals surface area contributed by atoms with Crippen LogP contribution in [0.5, 0.6) is 0 Å². The molecular weight excluding hydrogens is 324 g/mol. The van der Waals surface area contributed by atoms with Crippen molar-refractivity contribution in [3.05, 3.63) is 0 Å². The lowest BCUT2D eigenvalue weighted by Gasteiger charge is -2.29. The van der Waals surface area contributed by atoms with E-state index in [2.05, 4.69) is 5.32 Å². The van der Waals surface area contributed by atoms with Crippen molar-refractivity contribution >= 4 is 17.9 Å². The molecule has 0 spiro atoms. The highest BCUT2D eigenvalue weighted by Gasteiger charge is 2.38. The van der Waals surface area contributed by atoms with Crippen LogP contribution in [-0.2, 0) is 9.59 Å². The molecule has 0 aromatic carbocycles. The average molecular weight is 354 g/mol. The number of nitrogens with one attached hydrogen (secondary N) is 1. The van der Waals surface area contributed by atoms with Gasteiger partial charge in [0, 0.05) is 13.0 Å². The molecule has 2 atom stereocenters. The van der Waals surface area contributed by atoms with Crippen molar-refractivity contribution in [2.45, 2.75) is 82.8 Å². The number of carbonyl (C=O) groups excluding carboxylic acids is 2. The Morgan fingerprint density at radius 1 is 1.16 bits per heavy atom. The van der Waals surface area contributed by atoms with Gasteiger partial charge in [-0.05, 0) is 38.0 Å². The van der Waals surface area contributed by atoms with E-state index >= 15 is 0 Å². The van der Waals surface area contributed by atoms with E-state index < -0.39 is 18.1 Å². The van der Waals surface area contributed by atoms with Crippen LogP contribution >= 0.6 is 0 Å². The van der Waals surface area contributed by atoms with E-state index in [0.717, 1.165) is 32.1 Å². The zero-order chi connectivity index (χ0) is 18.2. The monoisotopic (exact) mass is 354 g/mol. The largest absolute Gasteiger partial charge is 0.481 e. The molecule has 1 saturated heterocycles. The first-order valence-electron chi connectivity index (χ1n) is 9.50. The Bertz CT molecular complexity index is 476. The van der Waals surface area contributed by atoms with Crippen molar-refractivity contribution < 1.29 is 24.6 Å². The van der Waals surface area contributed by atoms with Gasteiger partial charge in [-0.2, -0.15) is 0 Å². The number of aliphatic hydroxyl groups excluding tert-OH is 1. The molecule has 2 fully saturated rings. The van der Waals surface area contributed by atoms with E-state index in [0.29, 0.717) is 38.1 Å². The van der Waals surface area contributed by atoms with E-state index in [9.17, 15) is 19.5 Å². The summed E-state index contributed by atoms with van der Waals surface area (Å²) in [6.07, 6.45) is 8.40. The van der Waals surface area contributed by atoms with Crippen molar-refractivity contribution in [2.24, 2.45) is 5.92 Å². The summed E-state index contributed by atoms with van der Waals surface area (Å²) in [5.41, 5.74) is 0. The number of carboxylic acids is 1. The maximum Gasteiger partial charge on any atom is 0.324 e. The number of hydrogen-bond acceptors (Lipinski definition) is 4. The summed E-state index contributed by atoms with van der Waals surface area (Å²) in [5.74, 6) is -0.785. The van der Waals surface area contributed by atoms with E-state index in [1.165, 1.54) is 11.3 Å². The van der Waals surface area contributed by atoms with Gasteiger partial charge in [-0.15, -0.1) is 0 Å². The van der Waals surface area contributed by atoms with Gasteiger partial charge in [0.05, 0.1) is 6.10 Å². The lowest BCUT2D eigenvalue weighted by Crippen LogP contribution is -2.38. The van der Waals surface area contributed by atoms with Gasteiger partial charge in [0.25, 0.3) is 5.91 Å². The summed E-state index contributed by atoms with van der Waals surface area (Å²) >= 11 is 0. The number of carboxylic acid groups (broad SMARTS) is 1. The van der Waals surface area contributed by atoms with Crippen LogP contribution in [0.3, 0.4) is 0 Å². The fraction of sp³-hybridized carbons (Fsp3) is 0.833. The van der Waals surface area contributed by atoms with Gasteiger partial charge < -0.3 is 15.1 Å². The van der Waals surface area contributed by atoms with E-state index in [1.54, 1.807) is 0 Å². The number of aliphatic hydroxyl groups is 1. The lowest BCUT2D eigenvalue weighted by atomic mass is 9.84. The molecular formula is C18H30N2O5. The Labute approximate surface area is 148 Å². The molecule has 0 aromatic heterocycles. The third-order valence-electron chi connectivity index (χ3n) is 5.40. The molecule has 7 heteroatoms. The molecule has 25 heavy (non-hydrogen) atoms. The standard InChI is InChI=1S/C18H30N2O5/c21-15(13-7-3-1-4-8-13)11-12-20-14(17(24)19-18(20)25)9-5-2-6-10-16(22)23/h13-15,21H,1-12H2,(H,22,23)(H,19,24,25). The Morgan fingerprint density at radius 2 is 1.88 bits per heavy atom. The second kappa shape index (κ2) is 9.75. The van der Waals surface area contributed by atoms with E-state index in [1.807, 2.05) is 0 Å². The number of imide groups is 1. The molecule has 1 heterocycles. The smallest absolute Gasteiger partial charge is 0.324 e. The molecule has 2 unspecified atom stereocenters. The van der Waals surface area contributed by atoms with Crippen LogP contribution in [0, 0.1) is 5.92 Å². The summed E-state index contributed by atoms with van der Waals surface area (Å²) in [4.78, 5) is 36.0. The number of unbranched alkanes of at least 4 members (excludes halogenated alkanes) is 2. The number of amides is 3. The summed E-state index contributed by atoms with van der Waals surface area (Å²) < 4.78 is 0. The maximum atomic E-state index is 12.0. The van der Waals surface area contributed by atoms with Crippen LogP contribution < -0.4 is 5.32 Å². The number of nitrogens with zero attached hydrogens (tertiary/aromatic N) is 1. The summed E-state index contributed by atoms with van der Waals surface area (Å²) in [6.45, 7) is 0.384. The molecule has 1 aliphatic heterocycles. The zero-order valence-corrected chi connectivity index (χ0v) is 14.8. The molecule has 7 nitrogen and oxygen atoms in total. The second-order valence-electron chi connectivity index (χ2n) is 7.25. The lowest BCUT2D eigenvalue weighted by molar-refractivity contribution is -0.137. The number of carbonyl (C=O) groups is 3. The van der Waals surface area contributed by atoms with Crippen LogP contribution in [-0.4, -0.2) is 51.7 Å². The van der Waals surface area contributed by atoms with Crippen LogP contribution in [0.15, 0.2) is 0 Å². The number of hydrogen-bond donors (Lipinski definition) is 3. The van der Waals surface area contributed by atoms with Crippen molar-refractivity contribution in [1.29, 1.82) is 0 Å². The summed E-state index contributed by atoms with van der Waals surface area (Å²) in [5, 5.41) is 21.4. The Morgan fingerprint density at radius 3 is 2.56 bits per heavy atom. The molecule has 3 N–H and O–H groups in total. The minimum Gasteiger partial charge on any atom is -0.481 e. The number of aliphatic carboxylic acids is 1. The quantitative estimate of drug-likeness (QED) is 0.412. The van der Waals surface area contributed by atoms with Gasteiger partial charge in [0.1, 0.15) is 6.04 Å². The minimum atomic E-state index is -0.813. The highest BCUT2D eigenvalue weighted by Crippen LogP contribution is 2.28. The first-order valence-corrected chi connectivity index (χ1v) is 9.50. The first-order chi connectivity index (χ1) is 12.0.